The molecule has 4 aromatic rings. The number of halogens is 3. The molecule has 0 radical (unpaired) electrons. The summed E-state index contributed by atoms with van der Waals surface area (Å²) in [6.45, 7) is 13.1. The fourth-order valence-corrected chi connectivity index (χ4v) is 6.93. The first-order valence-electron chi connectivity index (χ1n) is 15.9. The van der Waals surface area contributed by atoms with Crippen LogP contribution in [0, 0.1) is 23.4 Å². The highest BCUT2D eigenvalue weighted by Crippen LogP contribution is 2.53. The Morgan fingerprint density at radius 2 is 1.67 bits per heavy atom. The number of benzene rings is 3. The maximum atomic E-state index is 15.6. The van der Waals surface area contributed by atoms with E-state index in [2.05, 4.69) is 63.3 Å². The van der Waals surface area contributed by atoms with Gasteiger partial charge in [-0.2, -0.15) is 0 Å². The van der Waals surface area contributed by atoms with Gasteiger partial charge in [-0.3, -0.25) is 4.98 Å². The Kier molecular flexibility index (Phi) is 9.17. The van der Waals surface area contributed by atoms with E-state index in [0.29, 0.717) is 40.9 Å². The van der Waals surface area contributed by atoms with Gasteiger partial charge in [-0.15, -0.1) is 0 Å². The van der Waals surface area contributed by atoms with Crippen LogP contribution in [0.5, 0.6) is 0 Å². The fraction of sp³-hybridized carbons (Fsp3) is 0.289. The van der Waals surface area contributed by atoms with E-state index in [1.165, 1.54) is 36.1 Å². The van der Waals surface area contributed by atoms with E-state index in [-0.39, 0.29) is 17.3 Å². The summed E-state index contributed by atoms with van der Waals surface area (Å²) in [5.74, 6) is -1.50. The van der Waals surface area contributed by atoms with E-state index < -0.39 is 23.6 Å². The minimum Gasteiger partial charge on any atom is -0.380 e. The molecule has 1 saturated carbocycles. The molecule has 46 heavy (non-hydrogen) atoms. The average molecular weight is 624 g/mol. The molecular formula is C38H40F3N5. The molecule has 0 amide bonds. The van der Waals surface area contributed by atoms with E-state index in [0.717, 1.165) is 31.8 Å². The molecule has 2 aliphatic rings. The van der Waals surface area contributed by atoms with Gasteiger partial charge in [0.2, 0.25) is 0 Å². The molecule has 3 atom stereocenters. The monoisotopic (exact) mass is 623 g/mol. The number of piperazine rings is 1. The minimum atomic E-state index is -0.587. The number of para-hydroxylation sites is 1. The second kappa shape index (κ2) is 13.4. The van der Waals surface area contributed by atoms with Gasteiger partial charge in [0.15, 0.2) is 0 Å². The number of rotatable bonds is 12. The lowest BCUT2D eigenvalue weighted by Crippen LogP contribution is -2.54. The predicted octanol–water partition coefficient (Wildman–Crippen LogP) is 7.55. The first-order valence-corrected chi connectivity index (χ1v) is 15.9. The summed E-state index contributed by atoms with van der Waals surface area (Å²) in [6.07, 6.45) is 4.97. The number of nitrogens with one attached hydrogen (secondary N) is 3. The van der Waals surface area contributed by atoms with E-state index in [1.807, 2.05) is 25.1 Å². The van der Waals surface area contributed by atoms with Crippen molar-refractivity contribution in [3.63, 3.8) is 0 Å². The molecule has 1 aliphatic heterocycles. The normalized spacial score (nSPS) is 19.6. The third kappa shape index (κ3) is 6.53. The van der Waals surface area contributed by atoms with Crippen molar-refractivity contribution in [2.45, 2.75) is 43.7 Å². The van der Waals surface area contributed by atoms with Gasteiger partial charge in [-0.1, -0.05) is 62.5 Å². The number of aromatic nitrogens is 1. The highest BCUT2D eigenvalue weighted by molar-refractivity contribution is 5.58. The van der Waals surface area contributed by atoms with E-state index in [1.54, 1.807) is 18.3 Å². The lowest BCUT2D eigenvalue weighted by Gasteiger charge is -2.40. The van der Waals surface area contributed by atoms with Crippen molar-refractivity contribution >= 4 is 11.4 Å². The Morgan fingerprint density at radius 3 is 2.33 bits per heavy atom. The third-order valence-electron chi connectivity index (χ3n) is 9.41. The molecule has 2 heterocycles. The molecule has 3 N–H and O–H groups in total. The van der Waals surface area contributed by atoms with Crippen LogP contribution < -0.4 is 20.9 Å². The minimum absolute atomic E-state index is 0.0909. The molecule has 0 bridgehead atoms. The van der Waals surface area contributed by atoms with Gasteiger partial charge in [0.05, 0.1) is 29.7 Å². The maximum absolute atomic E-state index is 15.6. The van der Waals surface area contributed by atoms with Crippen LogP contribution in [0.15, 0.2) is 116 Å². The van der Waals surface area contributed by atoms with Crippen molar-refractivity contribution < 1.29 is 13.2 Å². The quantitative estimate of drug-likeness (QED) is 0.152. The first-order chi connectivity index (χ1) is 22.3. The SMILES string of the molecule is C=C(CC)N[C@H](C(=C)Nc1cncc(F)c1CC1CC12CNCCN2c1ccccc1)C(c1cccc(F)c1)c1cccc(F)c1. The number of allylic oxidation sites excluding steroid dienone is 1. The molecule has 3 aromatic carbocycles. The van der Waals surface area contributed by atoms with Crippen molar-refractivity contribution in [2.24, 2.45) is 5.92 Å². The van der Waals surface area contributed by atoms with E-state index >= 15 is 4.39 Å². The predicted molar refractivity (Wildman–Crippen MR) is 179 cm³/mol. The van der Waals surface area contributed by atoms with E-state index in [4.69, 9.17) is 0 Å². The van der Waals surface area contributed by atoms with E-state index in [9.17, 15) is 8.78 Å². The molecule has 5 nitrogen and oxygen atoms in total. The average Bonchev–Trinajstić information content (AvgIpc) is 3.73. The Hall–Kier alpha value is -4.56. The van der Waals surface area contributed by atoms with Gasteiger partial charge in [0.1, 0.15) is 17.5 Å². The molecule has 8 heteroatoms. The second-order valence-electron chi connectivity index (χ2n) is 12.3. The van der Waals surface area contributed by atoms with Gasteiger partial charge in [-0.25, -0.2) is 13.2 Å². The standard InChI is InChI=1S/C38H40F3N5/c1-4-25(2)44-37(36(27-10-8-12-30(39)18-27)28-11-9-13-31(40)19-28)26(3)45-35-23-43-22-34(41)33(35)20-29-21-38(29)24-42-16-17-46(38)32-14-6-5-7-15-32/h5-15,18-19,22-23,29,36-37,42,44-45H,2-4,16-17,20-21,24H2,1H3/t29?,37-,38?/m1/s1. The zero-order valence-electron chi connectivity index (χ0n) is 26.1. The summed E-state index contributed by atoms with van der Waals surface area (Å²) >= 11 is 0. The fourth-order valence-electron chi connectivity index (χ4n) is 6.93. The number of anilines is 2. The van der Waals surface area contributed by atoms with Crippen molar-refractivity contribution in [1.82, 2.24) is 15.6 Å². The number of nitrogens with zero attached hydrogens (tertiary/aromatic N) is 2. The van der Waals surface area contributed by atoms with Crippen molar-refractivity contribution in [3.05, 3.63) is 150 Å². The lowest BCUT2D eigenvalue weighted by atomic mass is 9.83. The molecule has 2 unspecified atom stereocenters. The number of hydrogen-bond donors (Lipinski definition) is 3. The van der Waals surface area contributed by atoms with Crippen LogP contribution >= 0.6 is 0 Å². The molecule has 1 saturated heterocycles. The molecule has 1 aromatic heterocycles. The van der Waals surface area contributed by atoms with Crippen molar-refractivity contribution in [1.29, 1.82) is 0 Å². The zero-order chi connectivity index (χ0) is 32.3. The molecule has 2 fully saturated rings. The van der Waals surface area contributed by atoms with Crippen LogP contribution in [-0.2, 0) is 6.42 Å². The summed E-state index contributed by atoms with van der Waals surface area (Å²) in [5, 5.41) is 10.4. The second-order valence-corrected chi connectivity index (χ2v) is 12.3. The summed E-state index contributed by atoms with van der Waals surface area (Å²) in [6, 6.07) is 22.4. The van der Waals surface area contributed by atoms with Gasteiger partial charge in [-0.05, 0) is 72.7 Å². The molecular weight excluding hydrogens is 583 g/mol. The van der Waals surface area contributed by atoms with Crippen LogP contribution in [0.4, 0.5) is 24.5 Å². The van der Waals surface area contributed by atoms with Crippen LogP contribution in [-0.4, -0.2) is 36.2 Å². The summed E-state index contributed by atoms with van der Waals surface area (Å²) in [5.41, 5.74) is 4.65. The largest absolute Gasteiger partial charge is 0.380 e. The summed E-state index contributed by atoms with van der Waals surface area (Å²) in [7, 11) is 0. The highest BCUT2D eigenvalue weighted by Gasteiger charge is 2.58. The number of hydrogen-bond acceptors (Lipinski definition) is 5. The van der Waals surface area contributed by atoms with Gasteiger partial charge < -0.3 is 20.9 Å². The Balaban J connectivity index is 1.31. The maximum Gasteiger partial charge on any atom is 0.146 e. The first kappa shape index (κ1) is 31.4. The Morgan fingerprint density at radius 1 is 0.978 bits per heavy atom. The molecule has 1 aliphatic carbocycles. The number of pyridine rings is 1. The molecule has 1 spiro atoms. The summed E-state index contributed by atoms with van der Waals surface area (Å²) in [4.78, 5) is 6.64. The Labute approximate surface area is 269 Å². The third-order valence-corrected chi connectivity index (χ3v) is 9.41. The smallest absolute Gasteiger partial charge is 0.146 e. The summed E-state index contributed by atoms with van der Waals surface area (Å²) < 4.78 is 44.8. The topological polar surface area (TPSA) is 52.2 Å². The van der Waals surface area contributed by atoms with Gasteiger partial charge in [0, 0.05) is 48.2 Å². The van der Waals surface area contributed by atoms with Crippen molar-refractivity contribution in [2.75, 3.05) is 29.9 Å². The molecule has 238 valence electrons. The van der Waals surface area contributed by atoms with Gasteiger partial charge in [0.25, 0.3) is 0 Å². The van der Waals surface area contributed by atoms with Crippen molar-refractivity contribution in [3.8, 4) is 0 Å². The van der Waals surface area contributed by atoms with Crippen LogP contribution in [0.1, 0.15) is 42.4 Å². The Bertz CT molecular complexity index is 1660. The van der Waals surface area contributed by atoms with Gasteiger partial charge >= 0.3 is 0 Å². The zero-order valence-corrected chi connectivity index (χ0v) is 26.1. The lowest BCUT2D eigenvalue weighted by molar-refractivity contribution is 0.430. The van der Waals surface area contributed by atoms with Crippen LogP contribution in [0.2, 0.25) is 0 Å². The molecule has 6 rings (SSSR count). The van der Waals surface area contributed by atoms with Crippen LogP contribution in [0.3, 0.4) is 0 Å². The van der Waals surface area contributed by atoms with Crippen LogP contribution in [0.25, 0.3) is 0 Å². The highest BCUT2D eigenvalue weighted by atomic mass is 19.1.